The average molecular weight is 246 g/mol. The maximum Gasteiger partial charge on any atom is 0.0458 e. The maximum absolute atomic E-state index is 4.06. The van der Waals surface area contributed by atoms with Gasteiger partial charge in [-0.05, 0) is 54.6 Å². The van der Waals surface area contributed by atoms with E-state index in [4.69, 9.17) is 0 Å². The van der Waals surface area contributed by atoms with Crippen LogP contribution in [0.25, 0.3) is 0 Å². The molecule has 2 nitrogen and oxygen atoms in total. The molecule has 2 rings (SSSR count). The molecule has 0 aliphatic carbocycles. The zero-order valence-electron chi connectivity index (χ0n) is 10.3. The Bertz CT molecular complexity index is 450. The van der Waals surface area contributed by atoms with E-state index in [1.54, 1.807) is 0 Å². The molecule has 2 aromatic heterocycles. The van der Waals surface area contributed by atoms with E-state index in [0.717, 1.165) is 13.0 Å². The van der Waals surface area contributed by atoms with Crippen LogP contribution in [-0.2, 0) is 6.42 Å². The number of nitrogens with zero attached hydrogens (tertiary/aromatic N) is 1. The first kappa shape index (κ1) is 12.3. The number of hydrogen-bond acceptors (Lipinski definition) is 3. The van der Waals surface area contributed by atoms with Crippen molar-refractivity contribution in [3.63, 3.8) is 0 Å². The van der Waals surface area contributed by atoms with Gasteiger partial charge in [0.1, 0.15) is 0 Å². The lowest BCUT2D eigenvalue weighted by atomic mass is 10.0. The number of rotatable bonds is 5. The molecular weight excluding hydrogens is 228 g/mol. The first-order valence-corrected chi connectivity index (χ1v) is 6.85. The topological polar surface area (TPSA) is 24.9 Å². The minimum Gasteiger partial charge on any atom is -0.309 e. The predicted molar refractivity (Wildman–Crippen MR) is 73.4 cm³/mol. The third kappa shape index (κ3) is 3.14. The van der Waals surface area contributed by atoms with Crippen LogP contribution in [0.4, 0.5) is 0 Å². The lowest BCUT2D eigenvalue weighted by Gasteiger charge is -2.17. The fourth-order valence-electron chi connectivity index (χ4n) is 2.00. The summed E-state index contributed by atoms with van der Waals surface area (Å²) in [5.74, 6) is 0. The molecule has 0 bridgehead atoms. The van der Waals surface area contributed by atoms with E-state index in [1.165, 1.54) is 16.0 Å². The number of pyridine rings is 1. The molecule has 0 amide bonds. The smallest absolute Gasteiger partial charge is 0.0458 e. The van der Waals surface area contributed by atoms with Crippen molar-refractivity contribution in [2.24, 2.45) is 0 Å². The average Bonchev–Trinajstić information content (AvgIpc) is 2.76. The zero-order valence-corrected chi connectivity index (χ0v) is 11.1. The molecule has 0 aliphatic rings. The van der Waals surface area contributed by atoms with E-state index in [-0.39, 0.29) is 0 Å². The van der Waals surface area contributed by atoms with Crippen LogP contribution in [0, 0.1) is 6.92 Å². The first-order valence-electron chi connectivity index (χ1n) is 5.97. The number of thiophene rings is 1. The van der Waals surface area contributed by atoms with Gasteiger partial charge in [-0.3, -0.25) is 4.98 Å². The first-order chi connectivity index (χ1) is 8.31. The van der Waals surface area contributed by atoms with Gasteiger partial charge in [0.2, 0.25) is 0 Å². The molecule has 0 radical (unpaired) electrons. The van der Waals surface area contributed by atoms with Crippen molar-refractivity contribution < 1.29 is 0 Å². The van der Waals surface area contributed by atoms with Gasteiger partial charge in [0, 0.05) is 23.3 Å². The molecule has 0 spiro atoms. The summed E-state index contributed by atoms with van der Waals surface area (Å²) in [7, 11) is 0. The van der Waals surface area contributed by atoms with Crippen molar-refractivity contribution in [1.82, 2.24) is 10.3 Å². The number of aryl methyl sites for hydroxylation is 1. The van der Waals surface area contributed by atoms with Crippen molar-refractivity contribution in [3.05, 3.63) is 52.0 Å². The summed E-state index contributed by atoms with van der Waals surface area (Å²) >= 11 is 1.84. The van der Waals surface area contributed by atoms with Crippen molar-refractivity contribution in [1.29, 1.82) is 0 Å². The molecular formula is C14H18N2S. The van der Waals surface area contributed by atoms with Crippen molar-refractivity contribution in [3.8, 4) is 0 Å². The van der Waals surface area contributed by atoms with E-state index in [1.807, 2.05) is 23.7 Å². The van der Waals surface area contributed by atoms with Crippen LogP contribution in [0.5, 0.6) is 0 Å². The molecule has 0 saturated carbocycles. The molecule has 2 aromatic rings. The Morgan fingerprint density at radius 3 is 2.65 bits per heavy atom. The van der Waals surface area contributed by atoms with Gasteiger partial charge in [-0.1, -0.05) is 6.92 Å². The van der Waals surface area contributed by atoms with Crippen LogP contribution in [0.3, 0.4) is 0 Å². The van der Waals surface area contributed by atoms with Crippen LogP contribution < -0.4 is 5.32 Å². The number of nitrogens with one attached hydrogen (secondary N) is 1. The molecule has 0 saturated heterocycles. The van der Waals surface area contributed by atoms with Crippen molar-refractivity contribution in [2.75, 3.05) is 6.54 Å². The van der Waals surface area contributed by atoms with E-state index >= 15 is 0 Å². The number of aromatic nitrogens is 1. The molecule has 0 aromatic carbocycles. The van der Waals surface area contributed by atoms with Gasteiger partial charge in [0.25, 0.3) is 0 Å². The summed E-state index contributed by atoms with van der Waals surface area (Å²) in [5.41, 5.74) is 2.72. The lowest BCUT2D eigenvalue weighted by molar-refractivity contribution is 0.556. The SMILES string of the molecule is CCNC(Cc1ccncc1)c1sccc1C. The van der Waals surface area contributed by atoms with Gasteiger partial charge in [-0.25, -0.2) is 0 Å². The van der Waals surface area contributed by atoms with Gasteiger partial charge in [-0.2, -0.15) is 0 Å². The molecule has 0 fully saturated rings. The Kier molecular flexibility index (Phi) is 4.29. The van der Waals surface area contributed by atoms with Crippen LogP contribution in [0.2, 0.25) is 0 Å². The fourth-order valence-corrected chi connectivity index (χ4v) is 3.00. The second kappa shape index (κ2) is 5.94. The minimum absolute atomic E-state index is 0.419. The predicted octanol–water partition coefficient (Wildman–Crippen LogP) is 3.34. The molecule has 90 valence electrons. The van der Waals surface area contributed by atoms with Gasteiger partial charge >= 0.3 is 0 Å². The quantitative estimate of drug-likeness (QED) is 0.875. The van der Waals surface area contributed by atoms with Crippen molar-refractivity contribution in [2.45, 2.75) is 26.3 Å². The van der Waals surface area contributed by atoms with Gasteiger partial charge in [0.05, 0.1) is 0 Å². The highest BCUT2D eigenvalue weighted by atomic mass is 32.1. The normalized spacial score (nSPS) is 12.6. The molecule has 1 N–H and O–H groups in total. The maximum atomic E-state index is 4.06. The molecule has 1 atom stereocenters. The highest BCUT2D eigenvalue weighted by Crippen LogP contribution is 2.26. The van der Waals surface area contributed by atoms with Crippen LogP contribution in [0.15, 0.2) is 36.0 Å². The third-order valence-electron chi connectivity index (χ3n) is 2.86. The lowest BCUT2D eigenvalue weighted by Crippen LogP contribution is -2.22. The highest BCUT2D eigenvalue weighted by molar-refractivity contribution is 7.10. The van der Waals surface area contributed by atoms with Crippen LogP contribution in [0.1, 0.15) is 29.0 Å². The Morgan fingerprint density at radius 2 is 2.06 bits per heavy atom. The Hall–Kier alpha value is -1.19. The Morgan fingerprint density at radius 1 is 1.29 bits per heavy atom. The van der Waals surface area contributed by atoms with Crippen LogP contribution >= 0.6 is 11.3 Å². The summed E-state index contributed by atoms with van der Waals surface area (Å²) in [6.07, 6.45) is 4.75. The molecule has 3 heteroatoms. The minimum atomic E-state index is 0.419. The largest absolute Gasteiger partial charge is 0.309 e. The second-order valence-corrected chi connectivity index (χ2v) is 5.09. The zero-order chi connectivity index (χ0) is 12.1. The van der Waals surface area contributed by atoms with E-state index < -0.39 is 0 Å². The Balaban J connectivity index is 2.16. The molecule has 2 heterocycles. The number of hydrogen-bond donors (Lipinski definition) is 1. The highest BCUT2D eigenvalue weighted by Gasteiger charge is 2.14. The van der Waals surface area contributed by atoms with E-state index in [2.05, 4.69) is 47.7 Å². The molecule has 1 unspecified atom stereocenters. The summed E-state index contributed by atoms with van der Waals surface area (Å²) in [6.45, 7) is 5.33. The third-order valence-corrected chi connectivity index (χ3v) is 3.99. The monoisotopic (exact) mass is 246 g/mol. The summed E-state index contributed by atoms with van der Waals surface area (Å²) in [6, 6.07) is 6.79. The molecule has 0 aliphatic heterocycles. The second-order valence-electron chi connectivity index (χ2n) is 4.14. The van der Waals surface area contributed by atoms with Gasteiger partial charge in [0.15, 0.2) is 0 Å². The van der Waals surface area contributed by atoms with E-state index in [0.29, 0.717) is 6.04 Å². The number of likely N-dealkylation sites (N-methyl/N-ethyl adjacent to an activating group) is 1. The summed E-state index contributed by atoms with van der Waals surface area (Å²) < 4.78 is 0. The van der Waals surface area contributed by atoms with E-state index in [9.17, 15) is 0 Å². The summed E-state index contributed by atoms with van der Waals surface area (Å²) in [4.78, 5) is 5.51. The van der Waals surface area contributed by atoms with Crippen LogP contribution in [-0.4, -0.2) is 11.5 Å². The Labute approximate surface area is 107 Å². The van der Waals surface area contributed by atoms with Gasteiger partial charge in [-0.15, -0.1) is 11.3 Å². The standard InChI is InChI=1S/C14H18N2S/c1-3-16-13(14-11(2)6-9-17-14)10-12-4-7-15-8-5-12/h4-9,13,16H,3,10H2,1-2H3. The summed E-state index contributed by atoms with van der Waals surface area (Å²) in [5, 5.41) is 5.73. The van der Waals surface area contributed by atoms with Crippen molar-refractivity contribution >= 4 is 11.3 Å². The van der Waals surface area contributed by atoms with Gasteiger partial charge < -0.3 is 5.32 Å². The fraction of sp³-hybridized carbons (Fsp3) is 0.357. The molecule has 17 heavy (non-hydrogen) atoms.